The first-order valence-electron chi connectivity index (χ1n) is 9.40. The van der Waals surface area contributed by atoms with E-state index in [0.29, 0.717) is 23.4 Å². The number of nitriles is 1. The van der Waals surface area contributed by atoms with Crippen molar-refractivity contribution in [2.75, 3.05) is 24.7 Å². The second-order valence-corrected chi connectivity index (χ2v) is 7.37. The lowest BCUT2D eigenvalue weighted by Gasteiger charge is -2.26. The third kappa shape index (κ3) is 3.95. The highest BCUT2D eigenvalue weighted by molar-refractivity contribution is 5.88. The Bertz CT molecular complexity index is 896. The average molecular weight is 365 g/mol. The van der Waals surface area contributed by atoms with Gasteiger partial charge in [0.1, 0.15) is 6.07 Å². The molecule has 7 nitrogen and oxygen atoms in total. The largest absolute Gasteiger partial charge is 0.368 e. The van der Waals surface area contributed by atoms with Crippen molar-refractivity contribution < 1.29 is 0 Å². The van der Waals surface area contributed by atoms with Crippen LogP contribution in [0.1, 0.15) is 60.9 Å². The zero-order valence-electron chi connectivity index (χ0n) is 16.5. The van der Waals surface area contributed by atoms with E-state index in [0.717, 1.165) is 5.56 Å². The molecule has 0 bridgehead atoms. The Hall–Kier alpha value is -2.88. The van der Waals surface area contributed by atoms with Gasteiger partial charge in [0, 0.05) is 31.5 Å². The summed E-state index contributed by atoms with van der Waals surface area (Å²) < 4.78 is 2.42. The summed E-state index contributed by atoms with van der Waals surface area (Å²) in [5.41, 5.74) is 9.63. The standard InChI is InChI=1S/C20H27N7/c1-13-10-15(14(2)27(13)17-8-6-5-7-9-17)11-16(12-21)18-23-19(22)25-20(24-18)26(3)4/h10-11,17H,5-9H2,1-4H3,(H2,22,23,24,25)/b16-11+. The summed E-state index contributed by atoms with van der Waals surface area (Å²) in [6.45, 7) is 4.26. The van der Waals surface area contributed by atoms with Crippen LogP contribution in [0.5, 0.6) is 0 Å². The van der Waals surface area contributed by atoms with Gasteiger partial charge in [-0.2, -0.15) is 20.2 Å². The van der Waals surface area contributed by atoms with Gasteiger partial charge in [-0.05, 0) is 44.4 Å². The van der Waals surface area contributed by atoms with Crippen LogP contribution in [-0.2, 0) is 0 Å². The van der Waals surface area contributed by atoms with Gasteiger partial charge in [-0.1, -0.05) is 19.3 Å². The summed E-state index contributed by atoms with van der Waals surface area (Å²) in [6, 6.07) is 4.91. The summed E-state index contributed by atoms with van der Waals surface area (Å²) in [7, 11) is 3.65. The highest BCUT2D eigenvalue weighted by Gasteiger charge is 2.20. The van der Waals surface area contributed by atoms with Crippen LogP contribution in [-0.4, -0.2) is 33.6 Å². The topological polar surface area (TPSA) is 96.7 Å². The minimum atomic E-state index is 0.109. The smallest absolute Gasteiger partial charge is 0.230 e. The van der Waals surface area contributed by atoms with Crippen molar-refractivity contribution in [1.82, 2.24) is 19.5 Å². The second-order valence-electron chi connectivity index (χ2n) is 7.37. The molecule has 3 rings (SSSR count). The Kier molecular flexibility index (Phi) is 5.45. The van der Waals surface area contributed by atoms with Crippen LogP contribution in [0.15, 0.2) is 6.07 Å². The molecule has 2 N–H and O–H groups in total. The summed E-state index contributed by atoms with van der Waals surface area (Å²) in [6.07, 6.45) is 8.20. The molecule has 2 aromatic heterocycles. The van der Waals surface area contributed by atoms with Gasteiger partial charge in [0.15, 0.2) is 5.82 Å². The second kappa shape index (κ2) is 7.78. The van der Waals surface area contributed by atoms with Crippen molar-refractivity contribution in [2.45, 2.75) is 52.0 Å². The van der Waals surface area contributed by atoms with Crippen LogP contribution in [0.2, 0.25) is 0 Å². The highest BCUT2D eigenvalue weighted by atomic mass is 15.3. The van der Waals surface area contributed by atoms with E-state index in [4.69, 9.17) is 5.73 Å². The predicted molar refractivity (Wildman–Crippen MR) is 108 cm³/mol. The maximum atomic E-state index is 9.70. The molecule has 1 saturated carbocycles. The van der Waals surface area contributed by atoms with Gasteiger partial charge in [-0.3, -0.25) is 0 Å². The van der Waals surface area contributed by atoms with Crippen molar-refractivity contribution in [3.63, 3.8) is 0 Å². The maximum Gasteiger partial charge on any atom is 0.230 e. The SMILES string of the molecule is Cc1cc(/C=C(\C#N)c2nc(N)nc(N(C)C)n2)c(C)n1C1CCCCC1. The molecule has 0 radical (unpaired) electrons. The minimum absolute atomic E-state index is 0.109. The van der Waals surface area contributed by atoms with Gasteiger partial charge in [0.25, 0.3) is 0 Å². The number of nitrogens with two attached hydrogens (primary N) is 1. The van der Waals surface area contributed by atoms with Gasteiger partial charge >= 0.3 is 0 Å². The van der Waals surface area contributed by atoms with Crippen LogP contribution in [0.25, 0.3) is 11.6 Å². The Morgan fingerprint density at radius 2 is 1.93 bits per heavy atom. The van der Waals surface area contributed by atoms with E-state index < -0.39 is 0 Å². The van der Waals surface area contributed by atoms with Crippen molar-refractivity contribution in [1.29, 1.82) is 5.26 Å². The molecule has 0 saturated heterocycles. The minimum Gasteiger partial charge on any atom is -0.368 e. The highest BCUT2D eigenvalue weighted by Crippen LogP contribution is 2.33. The molecular formula is C20H27N7. The van der Waals surface area contributed by atoms with E-state index in [1.165, 1.54) is 43.5 Å². The number of anilines is 2. The summed E-state index contributed by atoms with van der Waals surface area (Å²) >= 11 is 0. The fourth-order valence-corrected chi connectivity index (χ4v) is 3.85. The van der Waals surface area contributed by atoms with Crippen molar-refractivity contribution in [3.05, 3.63) is 28.8 Å². The molecule has 142 valence electrons. The van der Waals surface area contributed by atoms with E-state index in [2.05, 4.69) is 45.5 Å². The van der Waals surface area contributed by atoms with E-state index >= 15 is 0 Å². The number of nitrogen functional groups attached to an aromatic ring is 1. The van der Waals surface area contributed by atoms with Gasteiger partial charge in [-0.25, -0.2) is 0 Å². The molecule has 1 aliphatic rings. The molecule has 7 heteroatoms. The van der Waals surface area contributed by atoms with Crippen LogP contribution in [0.4, 0.5) is 11.9 Å². The first-order chi connectivity index (χ1) is 12.9. The number of rotatable bonds is 4. The predicted octanol–water partition coefficient (Wildman–Crippen LogP) is 3.51. The van der Waals surface area contributed by atoms with Crippen LogP contribution in [0, 0.1) is 25.2 Å². The number of hydrogen-bond donors (Lipinski definition) is 1. The Labute approximate surface area is 160 Å². The van der Waals surface area contributed by atoms with E-state index in [1.54, 1.807) is 4.90 Å². The molecule has 2 heterocycles. The first kappa shape index (κ1) is 18.9. The lowest BCUT2D eigenvalue weighted by atomic mass is 9.95. The van der Waals surface area contributed by atoms with E-state index in [1.807, 2.05) is 20.2 Å². The van der Waals surface area contributed by atoms with Gasteiger partial charge < -0.3 is 15.2 Å². The van der Waals surface area contributed by atoms with E-state index in [-0.39, 0.29) is 5.95 Å². The molecule has 1 fully saturated rings. The molecule has 27 heavy (non-hydrogen) atoms. The molecule has 0 atom stereocenters. The zero-order chi connectivity index (χ0) is 19.6. The van der Waals surface area contributed by atoms with Gasteiger partial charge in [-0.15, -0.1) is 0 Å². The average Bonchev–Trinajstić information content (AvgIpc) is 2.93. The quantitative estimate of drug-likeness (QED) is 0.833. The number of hydrogen-bond acceptors (Lipinski definition) is 6. The molecule has 0 aromatic carbocycles. The molecule has 0 spiro atoms. The number of allylic oxidation sites excluding steroid dienone is 1. The fraction of sp³-hybridized carbons (Fsp3) is 0.500. The summed E-state index contributed by atoms with van der Waals surface area (Å²) in [5.74, 6) is 0.847. The normalized spacial score (nSPS) is 15.6. The summed E-state index contributed by atoms with van der Waals surface area (Å²) in [4.78, 5) is 14.4. The van der Waals surface area contributed by atoms with Crippen LogP contribution in [0.3, 0.4) is 0 Å². The third-order valence-electron chi connectivity index (χ3n) is 5.17. The number of aromatic nitrogens is 4. The fourth-order valence-electron chi connectivity index (χ4n) is 3.85. The van der Waals surface area contributed by atoms with Crippen LogP contribution >= 0.6 is 0 Å². The lowest BCUT2D eigenvalue weighted by molar-refractivity contribution is 0.346. The van der Waals surface area contributed by atoms with Gasteiger partial charge in [0.05, 0.1) is 5.57 Å². The van der Waals surface area contributed by atoms with Gasteiger partial charge in [0.2, 0.25) is 11.9 Å². The van der Waals surface area contributed by atoms with E-state index in [9.17, 15) is 5.26 Å². The van der Waals surface area contributed by atoms with Crippen LogP contribution < -0.4 is 10.6 Å². The Balaban J connectivity index is 2.01. The van der Waals surface area contributed by atoms with Crippen molar-refractivity contribution >= 4 is 23.5 Å². The third-order valence-corrected chi connectivity index (χ3v) is 5.17. The monoisotopic (exact) mass is 365 g/mol. The molecule has 0 unspecified atom stereocenters. The molecule has 1 aliphatic carbocycles. The maximum absolute atomic E-state index is 9.70. The summed E-state index contributed by atoms with van der Waals surface area (Å²) in [5, 5.41) is 9.70. The number of aryl methyl sites for hydroxylation is 1. The number of nitrogens with zero attached hydrogens (tertiary/aromatic N) is 6. The molecular weight excluding hydrogens is 338 g/mol. The molecule has 2 aromatic rings. The van der Waals surface area contributed by atoms with Crippen molar-refractivity contribution in [3.8, 4) is 6.07 Å². The first-order valence-corrected chi connectivity index (χ1v) is 9.40. The zero-order valence-corrected chi connectivity index (χ0v) is 16.5. The Morgan fingerprint density at radius 1 is 1.22 bits per heavy atom. The lowest BCUT2D eigenvalue weighted by Crippen LogP contribution is -2.16. The molecule has 0 amide bonds. The van der Waals surface area contributed by atoms with Crippen molar-refractivity contribution in [2.24, 2.45) is 0 Å². The molecule has 0 aliphatic heterocycles. The Morgan fingerprint density at radius 3 is 2.56 bits per heavy atom.